The van der Waals surface area contributed by atoms with Crippen molar-refractivity contribution in [1.29, 1.82) is 0 Å². The van der Waals surface area contributed by atoms with Crippen molar-refractivity contribution in [2.24, 2.45) is 0 Å². The van der Waals surface area contributed by atoms with Gasteiger partial charge in [-0.15, -0.1) is 0 Å². The standard InChI is InChI=1S/C18H28N2O2/c1-16-8-5-6-13-20(16)18(21)19-12-7-14-22-15-11-17-9-3-2-4-10-17/h2-4,9-10,16H,5-8,11-15H2,1H3,(H,19,21). The van der Waals surface area contributed by atoms with Crippen LogP contribution in [0.2, 0.25) is 0 Å². The van der Waals surface area contributed by atoms with Crippen LogP contribution in [0.25, 0.3) is 0 Å². The molecule has 122 valence electrons. The van der Waals surface area contributed by atoms with Gasteiger partial charge in [0.25, 0.3) is 0 Å². The molecule has 1 saturated heterocycles. The van der Waals surface area contributed by atoms with E-state index in [1.807, 2.05) is 23.1 Å². The van der Waals surface area contributed by atoms with Gasteiger partial charge in [0.2, 0.25) is 0 Å². The second-order valence-electron chi connectivity index (χ2n) is 5.97. The number of amides is 2. The summed E-state index contributed by atoms with van der Waals surface area (Å²) < 4.78 is 5.62. The number of hydrogen-bond acceptors (Lipinski definition) is 2. The molecule has 1 aromatic rings. The fourth-order valence-corrected chi connectivity index (χ4v) is 2.81. The van der Waals surface area contributed by atoms with Crippen LogP contribution >= 0.6 is 0 Å². The molecule has 4 heteroatoms. The minimum Gasteiger partial charge on any atom is -0.381 e. The zero-order chi connectivity index (χ0) is 15.6. The minimum atomic E-state index is 0.0801. The molecule has 2 amide bonds. The molecule has 1 N–H and O–H groups in total. The predicted octanol–water partition coefficient (Wildman–Crippen LogP) is 3.22. The molecule has 1 unspecified atom stereocenters. The summed E-state index contributed by atoms with van der Waals surface area (Å²) >= 11 is 0. The molecule has 1 atom stereocenters. The average molecular weight is 304 g/mol. The normalized spacial score (nSPS) is 18.2. The van der Waals surface area contributed by atoms with E-state index in [0.717, 1.165) is 38.8 Å². The van der Waals surface area contributed by atoms with Gasteiger partial charge in [0, 0.05) is 25.7 Å². The maximum Gasteiger partial charge on any atom is 0.317 e. The van der Waals surface area contributed by atoms with Gasteiger partial charge in [-0.05, 0) is 44.6 Å². The molecular weight excluding hydrogens is 276 g/mol. The minimum absolute atomic E-state index is 0.0801. The molecule has 0 bridgehead atoms. The first kappa shape index (κ1) is 16.8. The first-order valence-electron chi connectivity index (χ1n) is 8.43. The van der Waals surface area contributed by atoms with E-state index in [9.17, 15) is 4.79 Å². The van der Waals surface area contributed by atoms with Gasteiger partial charge in [0.1, 0.15) is 0 Å². The number of piperidine rings is 1. The number of nitrogens with one attached hydrogen (secondary N) is 1. The molecule has 1 fully saturated rings. The maximum absolute atomic E-state index is 12.1. The first-order valence-corrected chi connectivity index (χ1v) is 8.43. The lowest BCUT2D eigenvalue weighted by atomic mass is 10.0. The van der Waals surface area contributed by atoms with E-state index < -0.39 is 0 Å². The van der Waals surface area contributed by atoms with E-state index in [1.54, 1.807) is 0 Å². The third-order valence-corrected chi connectivity index (χ3v) is 4.18. The van der Waals surface area contributed by atoms with Crippen molar-refractivity contribution in [3.63, 3.8) is 0 Å². The Labute approximate surface area is 133 Å². The number of carbonyl (C=O) groups is 1. The van der Waals surface area contributed by atoms with Gasteiger partial charge in [-0.3, -0.25) is 0 Å². The Bertz CT molecular complexity index is 436. The van der Waals surface area contributed by atoms with Crippen LogP contribution in [0.3, 0.4) is 0 Å². The van der Waals surface area contributed by atoms with Crippen molar-refractivity contribution in [3.05, 3.63) is 35.9 Å². The summed E-state index contributed by atoms with van der Waals surface area (Å²) in [6.07, 6.45) is 5.29. The molecule has 0 aromatic heterocycles. The van der Waals surface area contributed by atoms with Crippen molar-refractivity contribution in [1.82, 2.24) is 10.2 Å². The van der Waals surface area contributed by atoms with Gasteiger partial charge < -0.3 is 15.0 Å². The van der Waals surface area contributed by atoms with Gasteiger partial charge in [-0.1, -0.05) is 30.3 Å². The Morgan fingerprint density at radius 1 is 1.27 bits per heavy atom. The largest absolute Gasteiger partial charge is 0.381 e. The SMILES string of the molecule is CC1CCCCN1C(=O)NCCCOCCc1ccccc1. The van der Waals surface area contributed by atoms with Crippen LogP contribution in [0, 0.1) is 0 Å². The highest BCUT2D eigenvalue weighted by atomic mass is 16.5. The Balaban J connectivity index is 1.49. The van der Waals surface area contributed by atoms with Gasteiger partial charge in [0.15, 0.2) is 0 Å². The van der Waals surface area contributed by atoms with Crippen molar-refractivity contribution >= 4 is 6.03 Å². The Hall–Kier alpha value is -1.55. The smallest absolute Gasteiger partial charge is 0.317 e. The van der Waals surface area contributed by atoms with Crippen LogP contribution in [0.5, 0.6) is 0 Å². The number of nitrogens with zero attached hydrogens (tertiary/aromatic N) is 1. The predicted molar refractivity (Wildman–Crippen MR) is 89.0 cm³/mol. The highest BCUT2D eigenvalue weighted by molar-refractivity contribution is 5.74. The summed E-state index contributed by atoms with van der Waals surface area (Å²) in [4.78, 5) is 14.0. The maximum atomic E-state index is 12.1. The van der Waals surface area contributed by atoms with Crippen molar-refractivity contribution in [2.75, 3.05) is 26.3 Å². The van der Waals surface area contributed by atoms with E-state index in [0.29, 0.717) is 19.2 Å². The third-order valence-electron chi connectivity index (χ3n) is 4.18. The fraction of sp³-hybridized carbons (Fsp3) is 0.611. The lowest BCUT2D eigenvalue weighted by Gasteiger charge is -2.33. The van der Waals surface area contributed by atoms with Crippen LogP contribution in [0.4, 0.5) is 4.79 Å². The first-order chi connectivity index (χ1) is 10.8. The summed E-state index contributed by atoms with van der Waals surface area (Å²) in [5.74, 6) is 0. The quantitative estimate of drug-likeness (QED) is 0.786. The molecule has 1 aliphatic rings. The summed E-state index contributed by atoms with van der Waals surface area (Å²) in [6, 6.07) is 10.8. The molecule has 0 saturated carbocycles. The number of urea groups is 1. The van der Waals surface area contributed by atoms with E-state index in [2.05, 4.69) is 24.4 Å². The van der Waals surface area contributed by atoms with E-state index in [-0.39, 0.29) is 6.03 Å². The van der Waals surface area contributed by atoms with Gasteiger partial charge in [-0.2, -0.15) is 0 Å². The molecule has 1 heterocycles. The molecule has 1 aliphatic heterocycles. The Kier molecular flexibility index (Phi) is 7.23. The zero-order valence-corrected chi connectivity index (χ0v) is 13.6. The van der Waals surface area contributed by atoms with Crippen LogP contribution in [-0.4, -0.2) is 43.3 Å². The van der Waals surface area contributed by atoms with Gasteiger partial charge in [-0.25, -0.2) is 4.79 Å². The Morgan fingerprint density at radius 3 is 2.86 bits per heavy atom. The number of likely N-dealkylation sites (tertiary alicyclic amines) is 1. The molecule has 4 nitrogen and oxygen atoms in total. The van der Waals surface area contributed by atoms with Gasteiger partial charge >= 0.3 is 6.03 Å². The molecule has 0 aliphatic carbocycles. The van der Waals surface area contributed by atoms with Crippen LogP contribution < -0.4 is 5.32 Å². The summed E-state index contributed by atoms with van der Waals surface area (Å²) in [5, 5.41) is 3.00. The molecular formula is C18H28N2O2. The topological polar surface area (TPSA) is 41.6 Å². The molecule has 2 rings (SSSR count). The van der Waals surface area contributed by atoms with Crippen molar-refractivity contribution in [2.45, 2.75) is 45.1 Å². The van der Waals surface area contributed by atoms with Crippen LogP contribution in [-0.2, 0) is 11.2 Å². The molecule has 0 radical (unpaired) electrons. The third kappa shape index (κ3) is 5.68. The lowest BCUT2D eigenvalue weighted by molar-refractivity contribution is 0.132. The fourth-order valence-electron chi connectivity index (χ4n) is 2.81. The molecule has 22 heavy (non-hydrogen) atoms. The van der Waals surface area contributed by atoms with Crippen LogP contribution in [0.1, 0.15) is 38.2 Å². The second kappa shape index (κ2) is 9.46. The summed E-state index contributed by atoms with van der Waals surface area (Å²) in [5.41, 5.74) is 1.30. The monoisotopic (exact) mass is 304 g/mol. The number of carbonyl (C=O) groups excluding carboxylic acids is 1. The second-order valence-corrected chi connectivity index (χ2v) is 5.97. The van der Waals surface area contributed by atoms with E-state index >= 15 is 0 Å². The molecule has 1 aromatic carbocycles. The molecule has 0 spiro atoms. The average Bonchev–Trinajstić information content (AvgIpc) is 2.55. The lowest BCUT2D eigenvalue weighted by Crippen LogP contribution is -2.47. The van der Waals surface area contributed by atoms with Crippen LogP contribution in [0.15, 0.2) is 30.3 Å². The summed E-state index contributed by atoms with van der Waals surface area (Å²) in [6.45, 7) is 5.14. The number of benzene rings is 1. The number of hydrogen-bond donors (Lipinski definition) is 1. The Morgan fingerprint density at radius 2 is 2.09 bits per heavy atom. The number of ether oxygens (including phenoxy) is 1. The highest BCUT2D eigenvalue weighted by Crippen LogP contribution is 2.15. The highest BCUT2D eigenvalue weighted by Gasteiger charge is 2.22. The van der Waals surface area contributed by atoms with Crippen molar-refractivity contribution in [3.8, 4) is 0 Å². The zero-order valence-electron chi connectivity index (χ0n) is 13.6. The number of rotatable bonds is 7. The van der Waals surface area contributed by atoms with Crippen molar-refractivity contribution < 1.29 is 9.53 Å². The van der Waals surface area contributed by atoms with E-state index in [4.69, 9.17) is 4.74 Å². The van der Waals surface area contributed by atoms with E-state index in [1.165, 1.54) is 12.0 Å². The van der Waals surface area contributed by atoms with Gasteiger partial charge in [0.05, 0.1) is 6.61 Å². The summed E-state index contributed by atoms with van der Waals surface area (Å²) in [7, 11) is 0.